The van der Waals surface area contributed by atoms with Gasteiger partial charge in [0.05, 0.1) is 39.8 Å². The third kappa shape index (κ3) is 4.75. The van der Waals surface area contributed by atoms with Crippen LogP contribution in [0.5, 0.6) is 17.2 Å². The van der Waals surface area contributed by atoms with Crippen LogP contribution in [0.3, 0.4) is 0 Å². The van der Waals surface area contributed by atoms with Crippen LogP contribution in [0.1, 0.15) is 5.56 Å². The third-order valence-electron chi connectivity index (χ3n) is 4.18. The van der Waals surface area contributed by atoms with Crippen LogP contribution in [0.15, 0.2) is 70.6 Å². The summed E-state index contributed by atoms with van der Waals surface area (Å²) in [5, 5.41) is 6.73. The summed E-state index contributed by atoms with van der Waals surface area (Å²) in [6.45, 7) is 4.26. The lowest BCUT2D eigenvalue weighted by atomic mass is 10.2. The minimum atomic E-state index is 0.514. The van der Waals surface area contributed by atoms with Crippen molar-refractivity contribution < 1.29 is 14.2 Å². The highest BCUT2D eigenvalue weighted by Gasteiger charge is 2.09. The van der Waals surface area contributed by atoms with Gasteiger partial charge in [-0.15, -0.1) is 17.9 Å². The van der Waals surface area contributed by atoms with Crippen molar-refractivity contribution >= 4 is 17.6 Å². The van der Waals surface area contributed by atoms with Gasteiger partial charge in [0, 0.05) is 16.5 Å². The van der Waals surface area contributed by atoms with Gasteiger partial charge in [-0.2, -0.15) is 5.10 Å². The fraction of sp³-hybridized carbons (Fsp3) is 0.182. The van der Waals surface area contributed by atoms with Gasteiger partial charge in [0.1, 0.15) is 17.2 Å². The summed E-state index contributed by atoms with van der Waals surface area (Å²) in [6.07, 6.45) is 3.50. The lowest BCUT2D eigenvalue weighted by molar-refractivity contribution is 0.402. The standard InChI is InChI=1S/C22H23N3O3S/c1-5-12-23-22-25(20(15-29-22)16-6-8-18(26-2)9-7-16)24-14-17-13-19(27-3)10-11-21(17)28-4/h5-11,13-15H,1,12H2,2-4H3. The Hall–Kier alpha value is -3.32. The largest absolute Gasteiger partial charge is 0.497 e. The molecule has 0 saturated heterocycles. The Bertz CT molecular complexity index is 1070. The summed E-state index contributed by atoms with van der Waals surface area (Å²) in [4.78, 5) is 5.33. The quantitative estimate of drug-likeness (QED) is 0.414. The van der Waals surface area contributed by atoms with E-state index in [9.17, 15) is 0 Å². The average Bonchev–Trinajstić information content (AvgIpc) is 3.18. The van der Waals surface area contributed by atoms with E-state index in [-0.39, 0.29) is 0 Å². The first kappa shape index (κ1) is 20.4. The van der Waals surface area contributed by atoms with Crippen molar-refractivity contribution in [3.05, 3.63) is 70.9 Å². The van der Waals surface area contributed by atoms with Gasteiger partial charge in [0.15, 0.2) is 0 Å². The van der Waals surface area contributed by atoms with Crippen molar-refractivity contribution in [3.63, 3.8) is 0 Å². The smallest absolute Gasteiger partial charge is 0.206 e. The number of thiazole rings is 1. The van der Waals surface area contributed by atoms with E-state index in [0.717, 1.165) is 33.1 Å². The van der Waals surface area contributed by atoms with Crippen molar-refractivity contribution in [1.82, 2.24) is 4.68 Å². The molecule has 3 aromatic rings. The van der Waals surface area contributed by atoms with Crippen LogP contribution in [0.2, 0.25) is 0 Å². The van der Waals surface area contributed by atoms with Gasteiger partial charge >= 0.3 is 0 Å². The van der Waals surface area contributed by atoms with Crippen molar-refractivity contribution in [2.24, 2.45) is 10.1 Å². The zero-order chi connectivity index (χ0) is 20.6. The second-order valence-corrected chi connectivity index (χ2v) is 6.76. The zero-order valence-corrected chi connectivity index (χ0v) is 17.5. The first-order chi connectivity index (χ1) is 14.2. The first-order valence-corrected chi connectivity index (χ1v) is 9.81. The van der Waals surface area contributed by atoms with Gasteiger partial charge in [-0.25, -0.2) is 4.68 Å². The monoisotopic (exact) mass is 409 g/mol. The van der Waals surface area contributed by atoms with Crippen molar-refractivity contribution in [1.29, 1.82) is 0 Å². The van der Waals surface area contributed by atoms with Gasteiger partial charge in [0.25, 0.3) is 0 Å². The molecule has 1 aromatic heterocycles. The molecule has 6 nitrogen and oxygen atoms in total. The lowest BCUT2D eigenvalue weighted by Crippen LogP contribution is -2.12. The summed E-state index contributed by atoms with van der Waals surface area (Å²) in [5.74, 6) is 2.24. The fourth-order valence-electron chi connectivity index (χ4n) is 2.68. The number of methoxy groups -OCH3 is 3. The van der Waals surface area contributed by atoms with Crippen molar-refractivity contribution in [2.45, 2.75) is 0 Å². The van der Waals surface area contributed by atoms with Crippen LogP contribution in [0.25, 0.3) is 11.3 Å². The van der Waals surface area contributed by atoms with E-state index in [1.54, 1.807) is 33.6 Å². The number of aromatic nitrogens is 1. The molecule has 0 unspecified atom stereocenters. The molecule has 0 bridgehead atoms. The molecule has 1 heterocycles. The van der Waals surface area contributed by atoms with Crippen LogP contribution < -0.4 is 19.0 Å². The van der Waals surface area contributed by atoms with E-state index >= 15 is 0 Å². The Kier molecular flexibility index (Phi) is 6.86. The molecule has 0 aliphatic heterocycles. The Morgan fingerprint density at radius 2 is 1.72 bits per heavy atom. The van der Waals surface area contributed by atoms with Crippen LogP contribution in [-0.4, -0.2) is 38.8 Å². The van der Waals surface area contributed by atoms with Gasteiger partial charge in [0.2, 0.25) is 4.80 Å². The highest BCUT2D eigenvalue weighted by molar-refractivity contribution is 7.07. The van der Waals surface area contributed by atoms with E-state index in [0.29, 0.717) is 12.3 Å². The number of ether oxygens (including phenoxy) is 3. The number of nitrogens with zero attached hydrogens (tertiary/aromatic N) is 3. The first-order valence-electron chi connectivity index (χ1n) is 8.93. The molecule has 3 rings (SSSR count). The molecule has 2 aromatic carbocycles. The summed E-state index contributed by atoms with van der Waals surface area (Å²) < 4.78 is 17.8. The SMILES string of the molecule is C=CCN=c1scc(-c2ccc(OC)cc2)n1N=Cc1cc(OC)ccc1OC. The highest BCUT2D eigenvalue weighted by atomic mass is 32.1. The summed E-state index contributed by atoms with van der Waals surface area (Å²) >= 11 is 1.52. The summed E-state index contributed by atoms with van der Waals surface area (Å²) in [6, 6.07) is 13.4. The van der Waals surface area contributed by atoms with E-state index in [4.69, 9.17) is 19.3 Å². The van der Waals surface area contributed by atoms with E-state index in [1.165, 1.54) is 11.3 Å². The Morgan fingerprint density at radius 3 is 2.38 bits per heavy atom. The second kappa shape index (κ2) is 9.75. The average molecular weight is 410 g/mol. The maximum Gasteiger partial charge on any atom is 0.206 e. The van der Waals surface area contributed by atoms with Crippen LogP contribution in [0, 0.1) is 0 Å². The number of hydrogen-bond donors (Lipinski definition) is 0. The second-order valence-electron chi connectivity index (χ2n) is 5.93. The molecule has 29 heavy (non-hydrogen) atoms. The topological polar surface area (TPSA) is 57.3 Å². The molecule has 0 fully saturated rings. The molecule has 0 saturated carbocycles. The zero-order valence-electron chi connectivity index (χ0n) is 16.7. The molecule has 0 spiro atoms. The Balaban J connectivity index is 2.08. The van der Waals surface area contributed by atoms with Gasteiger partial charge < -0.3 is 14.2 Å². The molecular weight excluding hydrogens is 386 g/mol. The van der Waals surface area contributed by atoms with Crippen LogP contribution in [0.4, 0.5) is 0 Å². The maximum atomic E-state index is 5.45. The minimum absolute atomic E-state index is 0.514. The van der Waals surface area contributed by atoms with Crippen molar-refractivity contribution in [2.75, 3.05) is 27.9 Å². The van der Waals surface area contributed by atoms with Crippen LogP contribution >= 0.6 is 11.3 Å². The molecule has 0 aliphatic carbocycles. The Morgan fingerprint density at radius 1 is 1.00 bits per heavy atom. The summed E-state index contributed by atoms with van der Waals surface area (Å²) in [5.41, 5.74) is 2.75. The summed E-state index contributed by atoms with van der Waals surface area (Å²) in [7, 11) is 4.91. The van der Waals surface area contributed by atoms with Gasteiger partial charge in [-0.05, 0) is 42.5 Å². The predicted molar refractivity (Wildman–Crippen MR) is 117 cm³/mol. The lowest BCUT2D eigenvalue weighted by Gasteiger charge is -2.08. The van der Waals surface area contributed by atoms with E-state index in [1.807, 2.05) is 52.5 Å². The number of rotatable bonds is 8. The molecular formula is C22H23N3O3S. The molecule has 0 N–H and O–H groups in total. The molecule has 0 amide bonds. The van der Waals surface area contributed by atoms with Crippen molar-refractivity contribution in [3.8, 4) is 28.5 Å². The van der Waals surface area contributed by atoms with Gasteiger partial charge in [-0.3, -0.25) is 4.99 Å². The van der Waals surface area contributed by atoms with E-state index < -0.39 is 0 Å². The normalized spacial score (nSPS) is 11.6. The highest BCUT2D eigenvalue weighted by Crippen LogP contribution is 2.25. The third-order valence-corrected chi connectivity index (χ3v) is 5.03. The molecule has 0 atom stereocenters. The van der Waals surface area contributed by atoms with Gasteiger partial charge in [-0.1, -0.05) is 6.08 Å². The fourth-order valence-corrected chi connectivity index (χ4v) is 3.53. The van der Waals surface area contributed by atoms with Crippen LogP contribution in [-0.2, 0) is 0 Å². The molecule has 150 valence electrons. The minimum Gasteiger partial charge on any atom is -0.497 e. The molecule has 0 radical (unpaired) electrons. The number of benzene rings is 2. The molecule has 7 heteroatoms. The Labute approximate surface area is 174 Å². The number of hydrogen-bond acceptors (Lipinski definition) is 6. The predicted octanol–water partition coefficient (Wildman–Crippen LogP) is 4.21. The molecule has 0 aliphatic rings. The maximum absolute atomic E-state index is 5.45. The van der Waals surface area contributed by atoms with E-state index in [2.05, 4.69) is 11.6 Å².